The lowest BCUT2D eigenvalue weighted by atomic mass is 10.2. The number of nitrogens with one attached hydrogen (secondary N) is 1. The van der Waals surface area contributed by atoms with Crippen molar-refractivity contribution in [2.45, 2.75) is 19.4 Å². The van der Waals surface area contributed by atoms with Crippen LogP contribution in [0.25, 0.3) is 0 Å². The Balaban J connectivity index is 0. The van der Waals surface area contributed by atoms with Crippen molar-refractivity contribution in [2.24, 2.45) is 11.5 Å². The summed E-state index contributed by atoms with van der Waals surface area (Å²) >= 11 is 0. The summed E-state index contributed by atoms with van der Waals surface area (Å²) in [6.45, 7) is 4.31. The molecule has 1 aromatic rings. The molecule has 1 saturated heterocycles. The monoisotopic (exact) mass is 315 g/mol. The van der Waals surface area contributed by atoms with Crippen LogP contribution in [0.15, 0.2) is 24.3 Å². The fourth-order valence-corrected chi connectivity index (χ4v) is 1.31. The Bertz CT molecular complexity index is 339. The van der Waals surface area contributed by atoms with Crippen molar-refractivity contribution in [1.82, 2.24) is 5.32 Å². The summed E-state index contributed by atoms with van der Waals surface area (Å²) in [6, 6.07) is 7.96. The van der Waals surface area contributed by atoms with Crippen molar-refractivity contribution < 1.29 is 19.7 Å². The van der Waals surface area contributed by atoms with E-state index in [2.05, 4.69) is 18.0 Å². The molecule has 0 aromatic heterocycles. The fourth-order valence-electron chi connectivity index (χ4n) is 1.31. The first-order valence-corrected chi connectivity index (χ1v) is 7.01. The van der Waals surface area contributed by atoms with Crippen LogP contribution in [0.4, 0.5) is 0 Å². The van der Waals surface area contributed by atoms with Crippen LogP contribution in [-0.2, 0) is 4.79 Å². The molecule has 7 heteroatoms. The van der Waals surface area contributed by atoms with Gasteiger partial charge in [-0.05, 0) is 32.0 Å². The van der Waals surface area contributed by atoms with Gasteiger partial charge < -0.3 is 31.7 Å². The first-order valence-electron chi connectivity index (χ1n) is 7.01. The van der Waals surface area contributed by atoms with Crippen molar-refractivity contribution >= 4 is 6.41 Å². The summed E-state index contributed by atoms with van der Waals surface area (Å²) in [5.41, 5.74) is 10.2. The van der Waals surface area contributed by atoms with Crippen molar-refractivity contribution in [2.75, 3.05) is 33.4 Å². The Morgan fingerprint density at radius 1 is 1.41 bits per heavy atom. The molecule has 1 aromatic carbocycles. The third kappa shape index (κ3) is 16.4. The molecule has 7 N–H and O–H groups in total. The highest BCUT2D eigenvalue weighted by Crippen LogP contribution is 2.09. The number of methoxy groups -OCH3 is 1. The number of aliphatic hydroxyl groups excluding tert-OH is 2. The van der Waals surface area contributed by atoms with Crippen molar-refractivity contribution in [1.29, 1.82) is 0 Å². The molecule has 1 fully saturated rings. The molecule has 1 atom stereocenters. The molecule has 2 rings (SSSR count). The second-order valence-electron chi connectivity index (χ2n) is 4.31. The number of primary amides is 1. The highest BCUT2D eigenvalue weighted by Gasteiger charge is 2.08. The van der Waals surface area contributed by atoms with Gasteiger partial charge in [-0.1, -0.05) is 17.7 Å². The maximum absolute atomic E-state index is 8.67. The van der Waals surface area contributed by atoms with E-state index in [-0.39, 0.29) is 19.1 Å². The Labute approximate surface area is 132 Å². The van der Waals surface area contributed by atoms with Crippen LogP contribution in [0.5, 0.6) is 5.75 Å². The van der Waals surface area contributed by atoms with Gasteiger partial charge in [-0.3, -0.25) is 4.79 Å². The molecule has 0 aliphatic carbocycles. The van der Waals surface area contributed by atoms with Crippen LogP contribution in [-0.4, -0.2) is 56.1 Å². The largest absolute Gasteiger partial charge is 0.497 e. The van der Waals surface area contributed by atoms with E-state index >= 15 is 0 Å². The van der Waals surface area contributed by atoms with Crippen molar-refractivity contribution in [3.05, 3.63) is 29.8 Å². The second-order valence-corrected chi connectivity index (χ2v) is 4.31. The van der Waals surface area contributed by atoms with Gasteiger partial charge in [0.05, 0.1) is 19.8 Å². The molecule has 0 radical (unpaired) electrons. The molecular weight excluding hydrogens is 286 g/mol. The third-order valence-electron chi connectivity index (χ3n) is 2.42. The number of β-amino-alcohol motifs (C(OH)–C–C–N with tert-alkyl or cyclic N) is 1. The number of ether oxygens (including phenoxy) is 1. The highest BCUT2D eigenvalue weighted by molar-refractivity contribution is 5.42. The minimum Gasteiger partial charge on any atom is -0.497 e. The molecule has 128 valence electrons. The normalized spacial score (nSPS) is 15.0. The molecule has 0 bridgehead atoms. The zero-order chi connectivity index (χ0) is 17.2. The maximum Gasteiger partial charge on any atom is 0.204 e. The third-order valence-corrected chi connectivity index (χ3v) is 2.42. The number of hydrogen-bond acceptors (Lipinski definition) is 6. The quantitative estimate of drug-likeness (QED) is 0.462. The van der Waals surface area contributed by atoms with Gasteiger partial charge in [0, 0.05) is 13.1 Å². The minimum atomic E-state index is -0.0648. The molecular formula is C15H29N3O4. The molecule has 1 amide bonds. The first kappa shape index (κ1) is 22.6. The van der Waals surface area contributed by atoms with Gasteiger partial charge in [0.1, 0.15) is 5.75 Å². The predicted molar refractivity (Wildman–Crippen MR) is 87.6 cm³/mol. The summed E-state index contributed by atoms with van der Waals surface area (Å²) in [7, 11) is 1.67. The lowest BCUT2D eigenvalue weighted by molar-refractivity contribution is -0.106. The van der Waals surface area contributed by atoms with Gasteiger partial charge in [0.25, 0.3) is 0 Å². The van der Waals surface area contributed by atoms with Gasteiger partial charge in [-0.15, -0.1) is 0 Å². The SMILES string of the molecule is COc1ccc(C)cc1.NC=O.NCCO.OC1CCNC1. The van der Waals surface area contributed by atoms with Crippen LogP contribution in [0.2, 0.25) is 0 Å². The average Bonchev–Trinajstić information content (AvgIpc) is 3.01. The van der Waals surface area contributed by atoms with Crippen LogP contribution < -0.4 is 21.5 Å². The number of carbonyl (C=O) groups excluding carboxylic acids is 1. The van der Waals surface area contributed by atoms with E-state index in [1.54, 1.807) is 7.11 Å². The molecule has 1 unspecified atom stereocenters. The predicted octanol–water partition coefficient (Wildman–Crippen LogP) is -0.617. The molecule has 1 heterocycles. The second kappa shape index (κ2) is 17.4. The zero-order valence-electron chi connectivity index (χ0n) is 13.4. The van der Waals surface area contributed by atoms with Crippen molar-refractivity contribution in [3.8, 4) is 5.75 Å². The highest BCUT2D eigenvalue weighted by atomic mass is 16.5. The van der Waals surface area contributed by atoms with E-state index in [1.165, 1.54) is 5.56 Å². The number of aliphatic hydroxyl groups is 2. The van der Waals surface area contributed by atoms with E-state index in [0.29, 0.717) is 6.54 Å². The number of rotatable bonds is 2. The summed E-state index contributed by atoms with van der Waals surface area (Å²) in [4.78, 5) is 8.58. The number of amides is 1. The molecule has 0 saturated carbocycles. The zero-order valence-corrected chi connectivity index (χ0v) is 13.4. The molecule has 1 aliphatic rings. The molecule has 1 aliphatic heterocycles. The molecule has 0 spiro atoms. The maximum atomic E-state index is 8.67. The number of hydrogen-bond donors (Lipinski definition) is 5. The lowest BCUT2D eigenvalue weighted by Gasteiger charge is -1.97. The van der Waals surface area contributed by atoms with Crippen LogP contribution in [0.3, 0.4) is 0 Å². The topological polar surface area (TPSA) is 131 Å². The van der Waals surface area contributed by atoms with Gasteiger partial charge >= 0.3 is 0 Å². The summed E-state index contributed by atoms with van der Waals surface area (Å²) < 4.78 is 4.97. The lowest BCUT2D eigenvalue weighted by Crippen LogP contribution is -2.11. The number of benzene rings is 1. The van der Waals surface area contributed by atoms with E-state index < -0.39 is 0 Å². The standard InChI is InChI=1S/C8H10O.C4H9NO.C2H7NO.CH3NO/c1-7-3-5-8(9-2)6-4-7;6-4-1-2-5-3-4;3-1-2-4;2-1-3/h3-6H,1-2H3;4-6H,1-3H2;4H,1-3H2;1H,(H2,2,3). The van der Waals surface area contributed by atoms with Gasteiger partial charge in [0.2, 0.25) is 6.41 Å². The Morgan fingerprint density at radius 2 is 1.91 bits per heavy atom. The average molecular weight is 315 g/mol. The van der Waals surface area contributed by atoms with Gasteiger partial charge in [-0.25, -0.2) is 0 Å². The van der Waals surface area contributed by atoms with Crippen molar-refractivity contribution in [3.63, 3.8) is 0 Å². The molecule has 7 nitrogen and oxygen atoms in total. The Hall–Kier alpha value is -1.67. The first-order chi connectivity index (χ1) is 10.5. The van der Waals surface area contributed by atoms with E-state index in [0.717, 1.165) is 25.3 Å². The summed E-state index contributed by atoms with van der Waals surface area (Å²) in [6.07, 6.45) is 1.12. The smallest absolute Gasteiger partial charge is 0.204 e. The summed E-state index contributed by atoms with van der Waals surface area (Å²) in [5, 5.41) is 19.4. The van der Waals surface area contributed by atoms with Crippen LogP contribution in [0.1, 0.15) is 12.0 Å². The minimum absolute atomic E-state index is 0.0648. The summed E-state index contributed by atoms with van der Waals surface area (Å²) in [5.74, 6) is 0.917. The molecule has 22 heavy (non-hydrogen) atoms. The van der Waals surface area contributed by atoms with Gasteiger partial charge in [0.15, 0.2) is 0 Å². The van der Waals surface area contributed by atoms with Gasteiger partial charge in [-0.2, -0.15) is 0 Å². The Kier molecular flexibility index (Phi) is 17.9. The van der Waals surface area contributed by atoms with E-state index in [1.807, 2.05) is 24.3 Å². The number of nitrogens with two attached hydrogens (primary N) is 2. The number of aryl methyl sites for hydroxylation is 1. The Morgan fingerprint density at radius 3 is 2.14 bits per heavy atom. The van der Waals surface area contributed by atoms with E-state index in [9.17, 15) is 0 Å². The van der Waals surface area contributed by atoms with Crippen LogP contribution in [0, 0.1) is 6.92 Å². The fraction of sp³-hybridized carbons (Fsp3) is 0.533. The number of carbonyl (C=O) groups is 1. The van der Waals surface area contributed by atoms with E-state index in [4.69, 9.17) is 25.5 Å². The van der Waals surface area contributed by atoms with Crippen LogP contribution >= 0.6 is 0 Å².